The van der Waals surface area contributed by atoms with Gasteiger partial charge in [0.25, 0.3) is 0 Å². The van der Waals surface area contributed by atoms with Gasteiger partial charge in [0.2, 0.25) is 0 Å². The first-order valence-corrected chi connectivity index (χ1v) is 14.1. The highest BCUT2D eigenvalue weighted by Gasteiger charge is 2.56. The average Bonchev–Trinajstić information content (AvgIpc) is 3.03. The molecule has 0 fully saturated rings. The van der Waals surface area contributed by atoms with Crippen LogP contribution in [0.5, 0.6) is 0 Å². The molecule has 0 saturated carbocycles. The number of rotatable bonds is 5. The number of nitrogens with one attached hydrogen (secondary N) is 2. The molecule has 0 aromatic rings. The first-order valence-electron chi connectivity index (χ1n) is 8.19. The lowest BCUT2D eigenvalue weighted by Crippen LogP contribution is -2.45. The van der Waals surface area contributed by atoms with Gasteiger partial charge in [0.1, 0.15) is 0 Å². The molecule has 0 bridgehead atoms. The van der Waals surface area contributed by atoms with E-state index in [-0.39, 0.29) is 0 Å². The largest absolute Gasteiger partial charge is 0.512 e. The number of sulfonamides is 4. The Labute approximate surface area is 206 Å². The fraction of sp³-hybridized carbons (Fsp3) is 0.800. The maximum Gasteiger partial charge on any atom is 0.512 e. The third-order valence-electron chi connectivity index (χ3n) is 3.00. The van der Waals surface area contributed by atoms with Gasteiger partial charge in [-0.15, -0.1) is 0 Å². The van der Waals surface area contributed by atoms with Crippen molar-refractivity contribution in [3.63, 3.8) is 0 Å². The van der Waals surface area contributed by atoms with Crippen LogP contribution in [0.4, 0.5) is 52.7 Å². The lowest BCUT2D eigenvalue weighted by atomic mass is 10.6. The molecule has 0 spiro atoms. The zero-order chi connectivity index (χ0) is 31.4. The number of hydrogen-bond donors (Lipinski definition) is 2. The topological polar surface area (TPSA) is 167 Å². The van der Waals surface area contributed by atoms with Crippen LogP contribution in [0.3, 0.4) is 0 Å². The van der Waals surface area contributed by atoms with E-state index < -0.39 is 70.4 Å². The standard InChI is InChI=1S/C6H12N2.2C2HF6NO4S2/c1-3-8-5-4-7(2)6-8;2*3-1(4,5)14(10,11)9-15(12,13)2(6,7)8/h4-5H,3,6H2,1-2H3;2*9H. The van der Waals surface area contributed by atoms with Crippen molar-refractivity contribution in [3.05, 3.63) is 12.4 Å². The molecule has 38 heavy (non-hydrogen) atoms. The van der Waals surface area contributed by atoms with Crippen molar-refractivity contribution in [2.75, 3.05) is 20.3 Å². The summed E-state index contributed by atoms with van der Waals surface area (Å²) in [5.41, 5.74) is -24.6. The van der Waals surface area contributed by atoms with E-state index in [4.69, 9.17) is 0 Å². The number of alkyl halides is 12. The number of hydrogen-bond acceptors (Lipinski definition) is 10. The lowest BCUT2D eigenvalue weighted by molar-refractivity contribution is -0.0487. The second kappa shape index (κ2) is 12.2. The molecule has 28 heteroatoms. The monoisotopic (exact) mass is 674 g/mol. The molecule has 1 heterocycles. The quantitative estimate of drug-likeness (QED) is 0.405. The Morgan fingerprint density at radius 3 is 0.921 bits per heavy atom. The van der Waals surface area contributed by atoms with Crippen LogP contribution in [0.25, 0.3) is 0 Å². The van der Waals surface area contributed by atoms with Crippen molar-refractivity contribution in [2.24, 2.45) is 0 Å². The Hall–Kier alpha value is -1.78. The minimum Gasteiger partial charge on any atom is -0.362 e. The zero-order valence-electron chi connectivity index (χ0n) is 17.9. The van der Waals surface area contributed by atoms with Gasteiger partial charge in [0.05, 0.1) is 6.67 Å². The van der Waals surface area contributed by atoms with Crippen molar-refractivity contribution in [1.82, 2.24) is 18.1 Å². The van der Waals surface area contributed by atoms with E-state index >= 15 is 0 Å². The Balaban J connectivity index is 0. The Morgan fingerprint density at radius 2 is 0.816 bits per heavy atom. The summed E-state index contributed by atoms with van der Waals surface area (Å²) in [6, 6.07) is 0. The van der Waals surface area contributed by atoms with Gasteiger partial charge in [-0.05, 0) is 6.92 Å². The molecule has 0 aromatic heterocycles. The molecular weight excluding hydrogens is 660 g/mol. The van der Waals surface area contributed by atoms with Crippen molar-refractivity contribution >= 4 is 40.1 Å². The second-order valence-corrected chi connectivity index (χ2v) is 13.3. The number of nitrogens with zero attached hydrogens (tertiary/aromatic N) is 2. The average molecular weight is 674 g/mol. The first-order chi connectivity index (χ1) is 16.2. The van der Waals surface area contributed by atoms with E-state index in [1.807, 2.05) is 0 Å². The van der Waals surface area contributed by atoms with Crippen LogP contribution in [0.15, 0.2) is 12.4 Å². The zero-order valence-corrected chi connectivity index (χ0v) is 21.2. The Bertz CT molecular complexity index is 1080. The maximum absolute atomic E-state index is 11.5. The predicted molar refractivity (Wildman–Crippen MR) is 100 cm³/mol. The van der Waals surface area contributed by atoms with E-state index in [0.717, 1.165) is 13.2 Å². The molecule has 1 aliphatic heterocycles. The predicted octanol–water partition coefficient (Wildman–Crippen LogP) is 1.23. The van der Waals surface area contributed by atoms with E-state index in [1.165, 1.54) is 0 Å². The molecule has 0 aliphatic carbocycles. The molecular formula is C10H14F12N4O8S4. The highest BCUT2D eigenvalue weighted by molar-refractivity contribution is 8.06. The molecule has 2 N–H and O–H groups in total. The summed E-state index contributed by atoms with van der Waals surface area (Å²) in [7, 11) is -24.3. The van der Waals surface area contributed by atoms with Gasteiger partial charge in [-0.25, -0.2) is 33.7 Å². The van der Waals surface area contributed by atoms with Gasteiger partial charge in [-0.2, -0.15) is 52.7 Å². The van der Waals surface area contributed by atoms with Crippen LogP contribution in [-0.4, -0.2) is 85.8 Å². The summed E-state index contributed by atoms with van der Waals surface area (Å²) in [6.45, 7) is 4.32. The molecule has 1 rings (SSSR count). The van der Waals surface area contributed by atoms with Gasteiger partial charge >= 0.3 is 62.1 Å². The smallest absolute Gasteiger partial charge is 0.362 e. The fourth-order valence-electron chi connectivity index (χ4n) is 1.27. The minimum atomic E-state index is -6.60. The molecule has 0 amide bonds. The van der Waals surface area contributed by atoms with E-state index in [9.17, 15) is 86.4 Å². The van der Waals surface area contributed by atoms with Crippen molar-refractivity contribution in [1.29, 1.82) is 0 Å². The van der Waals surface area contributed by atoms with Crippen LogP contribution in [0, 0.1) is 0 Å². The first kappa shape index (κ1) is 38.4. The highest BCUT2D eigenvalue weighted by atomic mass is 32.3. The van der Waals surface area contributed by atoms with Gasteiger partial charge in [0, 0.05) is 26.0 Å². The molecule has 0 atom stereocenters. The van der Waals surface area contributed by atoms with Crippen LogP contribution in [0.2, 0.25) is 0 Å². The van der Waals surface area contributed by atoms with Crippen molar-refractivity contribution in [2.45, 2.75) is 29.0 Å². The lowest BCUT2D eigenvalue weighted by Gasteiger charge is -2.14. The highest BCUT2D eigenvalue weighted by Crippen LogP contribution is 2.28. The molecule has 230 valence electrons. The molecule has 0 aromatic carbocycles. The Morgan fingerprint density at radius 1 is 0.579 bits per heavy atom. The van der Waals surface area contributed by atoms with Crippen LogP contribution in [0.1, 0.15) is 6.92 Å². The van der Waals surface area contributed by atoms with E-state index in [1.54, 1.807) is 0 Å². The second-order valence-electron chi connectivity index (χ2n) is 6.06. The van der Waals surface area contributed by atoms with E-state index in [0.29, 0.717) is 0 Å². The van der Waals surface area contributed by atoms with Crippen molar-refractivity contribution in [3.8, 4) is 0 Å². The van der Waals surface area contributed by atoms with Gasteiger partial charge in [0.15, 0.2) is 0 Å². The number of halogens is 12. The van der Waals surface area contributed by atoms with Crippen molar-refractivity contribution < 1.29 is 86.4 Å². The van der Waals surface area contributed by atoms with Gasteiger partial charge in [-0.1, -0.05) is 8.25 Å². The molecule has 0 radical (unpaired) electrons. The summed E-state index contributed by atoms with van der Waals surface area (Å²) in [5.74, 6) is 0. The minimum absolute atomic E-state index is 0.493. The Kier molecular flexibility index (Phi) is 12.3. The third-order valence-corrected chi connectivity index (χ3v) is 8.95. The van der Waals surface area contributed by atoms with Gasteiger partial charge < -0.3 is 9.80 Å². The summed E-state index contributed by atoms with van der Waals surface area (Å²) in [4.78, 5) is 4.41. The summed E-state index contributed by atoms with van der Waals surface area (Å²) in [6.07, 6.45) is 4.20. The summed E-state index contributed by atoms with van der Waals surface area (Å²) in [5, 5.41) is 0. The molecule has 12 nitrogen and oxygen atoms in total. The fourth-order valence-corrected chi connectivity index (χ4v) is 5.09. The van der Waals surface area contributed by atoms with Gasteiger partial charge in [-0.3, -0.25) is 0 Å². The van der Waals surface area contributed by atoms with E-state index in [2.05, 4.69) is 36.2 Å². The SMILES string of the molecule is CCN1C=CN(C)C1.O=S(=O)(NS(=O)(=O)C(F)(F)F)C(F)(F)F.O=S(=O)(NS(=O)(=O)C(F)(F)F)C(F)(F)F. The molecule has 1 aliphatic rings. The molecule has 0 unspecified atom stereocenters. The van der Waals surface area contributed by atoms with Crippen LogP contribution >= 0.6 is 0 Å². The maximum atomic E-state index is 11.5. The van der Waals surface area contributed by atoms with Crippen LogP contribution < -0.4 is 8.25 Å². The normalized spacial score (nSPS) is 15.9. The summed E-state index contributed by atoms with van der Waals surface area (Å²) < 4.78 is 217. The van der Waals surface area contributed by atoms with Crippen LogP contribution in [-0.2, 0) is 40.1 Å². The molecule has 0 saturated heterocycles. The summed E-state index contributed by atoms with van der Waals surface area (Å²) >= 11 is 0. The third kappa shape index (κ3) is 11.5.